The maximum absolute atomic E-state index is 11.8. The number of carboxylic acid groups (broad SMARTS) is 1. The van der Waals surface area contributed by atoms with Gasteiger partial charge in [-0.15, -0.1) is 0 Å². The SMILES string of the molecule is Cc1nc(C2C(C)OC(C)C2C)[nH]c(=O)c1C(=O)O. The lowest BCUT2D eigenvalue weighted by atomic mass is 9.88. The van der Waals surface area contributed by atoms with E-state index < -0.39 is 11.5 Å². The summed E-state index contributed by atoms with van der Waals surface area (Å²) in [5, 5.41) is 8.96. The molecule has 104 valence electrons. The molecule has 6 nitrogen and oxygen atoms in total. The smallest absolute Gasteiger partial charge is 0.343 e. The van der Waals surface area contributed by atoms with Crippen LogP contribution in [0.2, 0.25) is 0 Å². The Bertz CT molecular complexity index is 566. The normalized spacial score (nSPS) is 30.5. The zero-order valence-electron chi connectivity index (χ0n) is 11.4. The Morgan fingerprint density at radius 2 is 1.95 bits per heavy atom. The van der Waals surface area contributed by atoms with Crippen molar-refractivity contribution in [1.82, 2.24) is 9.97 Å². The lowest BCUT2D eigenvalue weighted by molar-refractivity contribution is 0.0553. The van der Waals surface area contributed by atoms with Crippen LogP contribution in [-0.2, 0) is 4.74 Å². The van der Waals surface area contributed by atoms with E-state index in [0.717, 1.165) is 0 Å². The third-order valence-electron chi connectivity index (χ3n) is 3.89. The lowest BCUT2D eigenvalue weighted by Gasteiger charge is -2.18. The van der Waals surface area contributed by atoms with Crippen molar-refractivity contribution in [3.63, 3.8) is 0 Å². The van der Waals surface area contributed by atoms with Crippen LogP contribution >= 0.6 is 0 Å². The van der Waals surface area contributed by atoms with Gasteiger partial charge in [0.25, 0.3) is 5.56 Å². The molecule has 2 rings (SSSR count). The van der Waals surface area contributed by atoms with E-state index in [0.29, 0.717) is 5.82 Å². The topological polar surface area (TPSA) is 92.3 Å². The van der Waals surface area contributed by atoms with E-state index in [1.165, 1.54) is 6.92 Å². The molecule has 0 bridgehead atoms. The van der Waals surface area contributed by atoms with Crippen molar-refractivity contribution >= 4 is 5.97 Å². The molecule has 1 aliphatic rings. The average molecular weight is 266 g/mol. The van der Waals surface area contributed by atoms with Crippen molar-refractivity contribution in [2.24, 2.45) is 5.92 Å². The Balaban J connectivity index is 2.48. The molecular weight excluding hydrogens is 248 g/mol. The first kappa shape index (κ1) is 13.7. The maximum Gasteiger partial charge on any atom is 0.343 e. The number of rotatable bonds is 2. The Labute approximate surface area is 110 Å². The van der Waals surface area contributed by atoms with Crippen molar-refractivity contribution in [1.29, 1.82) is 0 Å². The van der Waals surface area contributed by atoms with Gasteiger partial charge in [-0.25, -0.2) is 9.78 Å². The van der Waals surface area contributed by atoms with E-state index in [-0.39, 0.29) is 35.3 Å². The number of hydrogen-bond donors (Lipinski definition) is 2. The van der Waals surface area contributed by atoms with E-state index in [1.807, 2.05) is 20.8 Å². The molecule has 1 saturated heterocycles. The van der Waals surface area contributed by atoms with Crippen molar-refractivity contribution in [2.45, 2.75) is 45.8 Å². The Hall–Kier alpha value is -1.69. The van der Waals surface area contributed by atoms with E-state index in [2.05, 4.69) is 9.97 Å². The van der Waals surface area contributed by atoms with Crippen LogP contribution in [0.15, 0.2) is 4.79 Å². The number of nitrogens with zero attached hydrogens (tertiary/aromatic N) is 1. The Morgan fingerprint density at radius 3 is 2.37 bits per heavy atom. The summed E-state index contributed by atoms with van der Waals surface area (Å²) in [6.45, 7) is 7.50. The molecule has 1 fully saturated rings. The molecule has 0 radical (unpaired) electrons. The van der Waals surface area contributed by atoms with Crippen LogP contribution in [-0.4, -0.2) is 33.3 Å². The van der Waals surface area contributed by atoms with Crippen LogP contribution in [0.3, 0.4) is 0 Å². The predicted molar refractivity (Wildman–Crippen MR) is 68.5 cm³/mol. The second-order valence-electron chi connectivity index (χ2n) is 5.15. The number of H-pyrrole nitrogens is 1. The second kappa shape index (κ2) is 4.77. The largest absolute Gasteiger partial charge is 0.477 e. The number of aromatic amines is 1. The number of carbonyl (C=O) groups is 1. The first-order chi connectivity index (χ1) is 8.82. The Morgan fingerprint density at radius 1 is 1.32 bits per heavy atom. The third-order valence-corrected chi connectivity index (χ3v) is 3.89. The molecule has 0 spiro atoms. The summed E-state index contributed by atoms with van der Waals surface area (Å²) in [4.78, 5) is 29.7. The number of aryl methyl sites for hydroxylation is 1. The number of ether oxygens (including phenoxy) is 1. The molecule has 0 amide bonds. The fourth-order valence-electron chi connectivity index (χ4n) is 2.76. The molecule has 1 aromatic rings. The van der Waals surface area contributed by atoms with Gasteiger partial charge < -0.3 is 14.8 Å². The van der Waals surface area contributed by atoms with Crippen LogP contribution in [0, 0.1) is 12.8 Å². The highest BCUT2D eigenvalue weighted by molar-refractivity contribution is 5.88. The van der Waals surface area contributed by atoms with Gasteiger partial charge >= 0.3 is 5.97 Å². The highest BCUT2D eigenvalue weighted by atomic mass is 16.5. The summed E-state index contributed by atoms with van der Waals surface area (Å²) in [5.41, 5.74) is -0.657. The van der Waals surface area contributed by atoms with Gasteiger partial charge in [0.2, 0.25) is 0 Å². The van der Waals surface area contributed by atoms with Crippen LogP contribution < -0.4 is 5.56 Å². The molecule has 0 aliphatic carbocycles. The van der Waals surface area contributed by atoms with Crippen molar-refractivity contribution in [2.75, 3.05) is 0 Å². The van der Waals surface area contributed by atoms with Gasteiger partial charge in [-0.2, -0.15) is 0 Å². The molecule has 6 heteroatoms. The van der Waals surface area contributed by atoms with Crippen LogP contribution in [0.4, 0.5) is 0 Å². The molecule has 4 unspecified atom stereocenters. The standard InChI is InChI=1S/C13H18N2O4/c1-5-7(3)19-8(4)9(5)11-14-6(2)10(13(17)18)12(16)15-11/h5,7-9H,1-4H3,(H,17,18)(H,14,15,16). The highest BCUT2D eigenvalue weighted by Crippen LogP contribution is 2.37. The first-order valence-corrected chi connectivity index (χ1v) is 6.32. The molecule has 0 saturated carbocycles. The van der Waals surface area contributed by atoms with Crippen LogP contribution in [0.5, 0.6) is 0 Å². The van der Waals surface area contributed by atoms with Crippen LogP contribution in [0.1, 0.15) is 48.6 Å². The molecule has 1 aliphatic heterocycles. The fraction of sp³-hybridized carbons (Fsp3) is 0.615. The molecular formula is C13H18N2O4. The Kier molecular flexibility index (Phi) is 3.45. The zero-order chi connectivity index (χ0) is 14.3. The van der Waals surface area contributed by atoms with E-state index in [1.54, 1.807) is 0 Å². The lowest BCUT2D eigenvalue weighted by Crippen LogP contribution is -2.27. The minimum absolute atomic E-state index is 0.0238. The number of carboxylic acids is 1. The predicted octanol–water partition coefficient (Wildman–Crippen LogP) is 1.30. The summed E-state index contributed by atoms with van der Waals surface area (Å²) in [5.74, 6) is -0.552. The van der Waals surface area contributed by atoms with Crippen molar-refractivity contribution in [3.05, 3.63) is 27.4 Å². The van der Waals surface area contributed by atoms with E-state index in [4.69, 9.17) is 9.84 Å². The number of aromatic nitrogens is 2. The van der Waals surface area contributed by atoms with Gasteiger partial charge in [0, 0.05) is 5.92 Å². The van der Waals surface area contributed by atoms with Crippen molar-refractivity contribution in [3.8, 4) is 0 Å². The summed E-state index contributed by atoms with van der Waals surface area (Å²) in [6.07, 6.45) is 0.0352. The molecule has 19 heavy (non-hydrogen) atoms. The molecule has 0 aromatic carbocycles. The highest BCUT2D eigenvalue weighted by Gasteiger charge is 2.39. The quantitative estimate of drug-likeness (QED) is 0.841. The number of aromatic carboxylic acids is 1. The van der Waals surface area contributed by atoms with E-state index in [9.17, 15) is 9.59 Å². The summed E-state index contributed by atoms with van der Waals surface area (Å²) >= 11 is 0. The van der Waals surface area contributed by atoms with Gasteiger partial charge in [0.15, 0.2) is 0 Å². The van der Waals surface area contributed by atoms with E-state index >= 15 is 0 Å². The van der Waals surface area contributed by atoms with Gasteiger partial charge in [0.05, 0.1) is 17.9 Å². The minimum atomic E-state index is -1.25. The van der Waals surface area contributed by atoms with Crippen LogP contribution in [0.25, 0.3) is 0 Å². The van der Waals surface area contributed by atoms with Gasteiger partial charge in [-0.3, -0.25) is 4.79 Å². The van der Waals surface area contributed by atoms with Gasteiger partial charge in [-0.1, -0.05) is 6.92 Å². The van der Waals surface area contributed by atoms with Crippen molar-refractivity contribution < 1.29 is 14.6 Å². The minimum Gasteiger partial charge on any atom is -0.477 e. The van der Waals surface area contributed by atoms with Gasteiger partial charge in [-0.05, 0) is 26.7 Å². The monoisotopic (exact) mass is 266 g/mol. The summed E-state index contributed by atoms with van der Waals surface area (Å²) in [7, 11) is 0. The second-order valence-corrected chi connectivity index (χ2v) is 5.15. The molecule has 1 aromatic heterocycles. The summed E-state index contributed by atoms with van der Waals surface area (Å²) in [6, 6.07) is 0. The molecule has 2 N–H and O–H groups in total. The third kappa shape index (κ3) is 2.28. The van der Waals surface area contributed by atoms with Gasteiger partial charge in [0.1, 0.15) is 11.4 Å². The zero-order valence-corrected chi connectivity index (χ0v) is 11.4. The maximum atomic E-state index is 11.8. The molecule has 4 atom stereocenters. The first-order valence-electron chi connectivity index (χ1n) is 6.32. The average Bonchev–Trinajstić information content (AvgIpc) is 2.51. The number of hydrogen-bond acceptors (Lipinski definition) is 4. The fourth-order valence-corrected chi connectivity index (χ4v) is 2.76. The number of nitrogens with one attached hydrogen (secondary N) is 1. The summed E-state index contributed by atoms with van der Waals surface area (Å²) < 4.78 is 5.72. The molecule has 2 heterocycles.